The molecular formula is C23H22FN3O3S. The van der Waals surface area contributed by atoms with E-state index in [1.54, 1.807) is 12.1 Å². The molecule has 0 bridgehead atoms. The van der Waals surface area contributed by atoms with E-state index in [0.29, 0.717) is 43.5 Å². The first kappa shape index (κ1) is 21.1. The third-order valence-electron chi connectivity index (χ3n) is 4.96. The summed E-state index contributed by atoms with van der Waals surface area (Å²) in [4.78, 5) is 18.2. The van der Waals surface area contributed by atoms with Gasteiger partial charge in [0.15, 0.2) is 5.82 Å². The van der Waals surface area contributed by atoms with Crippen LogP contribution >= 0.6 is 11.3 Å². The molecule has 0 aliphatic carbocycles. The largest absolute Gasteiger partial charge is 0.380 e. The summed E-state index contributed by atoms with van der Waals surface area (Å²) in [6.07, 6.45) is 0. The van der Waals surface area contributed by atoms with Crippen LogP contribution < -0.4 is 5.32 Å². The molecule has 0 fully saturated rings. The van der Waals surface area contributed by atoms with Crippen LogP contribution in [0.5, 0.6) is 0 Å². The van der Waals surface area contributed by atoms with Crippen molar-refractivity contribution in [1.82, 2.24) is 10.1 Å². The van der Waals surface area contributed by atoms with Crippen molar-refractivity contribution in [3.63, 3.8) is 0 Å². The van der Waals surface area contributed by atoms with Crippen LogP contribution in [0.25, 0.3) is 21.5 Å². The average molecular weight is 440 g/mol. The van der Waals surface area contributed by atoms with Crippen molar-refractivity contribution in [3.8, 4) is 11.5 Å². The summed E-state index contributed by atoms with van der Waals surface area (Å²) in [6, 6.07) is 10.4. The molecular weight excluding hydrogens is 417 g/mol. The fraction of sp³-hybridized carbons (Fsp3) is 0.261. The fourth-order valence-electron chi connectivity index (χ4n) is 3.39. The second kappa shape index (κ2) is 8.56. The Morgan fingerprint density at radius 3 is 2.74 bits per heavy atom. The van der Waals surface area contributed by atoms with Crippen molar-refractivity contribution in [3.05, 3.63) is 64.0 Å². The van der Waals surface area contributed by atoms with Crippen molar-refractivity contribution in [2.75, 3.05) is 12.4 Å². The first-order chi connectivity index (χ1) is 14.9. The van der Waals surface area contributed by atoms with E-state index < -0.39 is 0 Å². The van der Waals surface area contributed by atoms with E-state index in [4.69, 9.17) is 9.26 Å². The van der Waals surface area contributed by atoms with Crippen molar-refractivity contribution < 1.29 is 18.4 Å². The van der Waals surface area contributed by atoms with Crippen LogP contribution in [0.1, 0.15) is 46.4 Å². The molecule has 2 aromatic heterocycles. The van der Waals surface area contributed by atoms with Gasteiger partial charge in [-0.15, -0.1) is 11.3 Å². The smallest absolute Gasteiger partial charge is 0.266 e. The van der Waals surface area contributed by atoms with Crippen LogP contribution in [0.4, 0.5) is 10.1 Å². The Bertz CT molecular complexity index is 1260. The maximum atomic E-state index is 14.5. The molecule has 0 saturated heterocycles. The SMILES string of the molecule is COCc1c(C(=O)Nc2c(C)cccc2-c2nc(C(C)C)no2)sc2cccc(F)c12. The molecule has 2 heterocycles. The van der Waals surface area contributed by atoms with E-state index in [0.717, 1.165) is 5.56 Å². The van der Waals surface area contributed by atoms with E-state index in [1.807, 2.05) is 39.0 Å². The minimum atomic E-state index is -0.372. The number of aromatic nitrogens is 2. The van der Waals surface area contributed by atoms with E-state index in [-0.39, 0.29) is 24.2 Å². The molecule has 0 unspecified atom stereocenters. The quantitative estimate of drug-likeness (QED) is 0.403. The normalized spacial score (nSPS) is 11.4. The lowest BCUT2D eigenvalue weighted by molar-refractivity contribution is 0.102. The zero-order valence-corrected chi connectivity index (χ0v) is 18.5. The molecule has 0 aliphatic rings. The van der Waals surface area contributed by atoms with Gasteiger partial charge in [0.25, 0.3) is 11.8 Å². The number of carbonyl (C=O) groups is 1. The van der Waals surface area contributed by atoms with E-state index >= 15 is 0 Å². The maximum absolute atomic E-state index is 14.5. The van der Waals surface area contributed by atoms with Gasteiger partial charge in [-0.25, -0.2) is 4.39 Å². The maximum Gasteiger partial charge on any atom is 0.266 e. The summed E-state index contributed by atoms with van der Waals surface area (Å²) in [5, 5.41) is 7.42. The Balaban J connectivity index is 1.76. The number of nitrogens with zero attached hydrogens (tertiary/aromatic N) is 2. The Morgan fingerprint density at radius 2 is 2.03 bits per heavy atom. The molecule has 0 spiro atoms. The number of thiophene rings is 1. The number of hydrogen-bond donors (Lipinski definition) is 1. The molecule has 1 N–H and O–H groups in total. The number of amides is 1. The molecule has 0 atom stereocenters. The molecule has 4 aromatic rings. The number of para-hydroxylation sites is 1. The van der Waals surface area contributed by atoms with E-state index in [2.05, 4.69) is 15.5 Å². The van der Waals surface area contributed by atoms with Crippen LogP contribution in [0.3, 0.4) is 0 Å². The summed E-state index contributed by atoms with van der Waals surface area (Å²) >= 11 is 1.24. The van der Waals surface area contributed by atoms with Crippen molar-refractivity contribution >= 4 is 33.0 Å². The summed E-state index contributed by atoms with van der Waals surface area (Å²) in [7, 11) is 1.52. The number of ether oxygens (including phenoxy) is 1. The third kappa shape index (κ3) is 3.96. The molecule has 8 heteroatoms. The van der Waals surface area contributed by atoms with Gasteiger partial charge in [0, 0.05) is 28.7 Å². The lowest BCUT2D eigenvalue weighted by Crippen LogP contribution is -2.14. The van der Waals surface area contributed by atoms with Gasteiger partial charge < -0.3 is 14.6 Å². The number of nitrogens with one attached hydrogen (secondary N) is 1. The number of halogens is 1. The van der Waals surface area contributed by atoms with Gasteiger partial charge >= 0.3 is 0 Å². The number of methoxy groups -OCH3 is 1. The van der Waals surface area contributed by atoms with Crippen LogP contribution in [-0.2, 0) is 11.3 Å². The number of benzene rings is 2. The molecule has 2 aromatic carbocycles. The Labute approximate surface area is 183 Å². The van der Waals surface area contributed by atoms with Crippen LogP contribution in [0, 0.1) is 12.7 Å². The second-order valence-corrected chi connectivity index (χ2v) is 8.57. The van der Waals surface area contributed by atoms with Crippen LogP contribution in [0.15, 0.2) is 40.9 Å². The molecule has 160 valence electrons. The van der Waals surface area contributed by atoms with Gasteiger partial charge in [0.1, 0.15) is 5.82 Å². The molecule has 0 aliphatic heterocycles. The Morgan fingerprint density at radius 1 is 1.26 bits per heavy atom. The minimum absolute atomic E-state index is 0.116. The van der Waals surface area contributed by atoms with Gasteiger partial charge in [0.2, 0.25) is 0 Å². The zero-order valence-electron chi connectivity index (χ0n) is 17.7. The second-order valence-electron chi connectivity index (χ2n) is 7.52. The lowest BCUT2D eigenvalue weighted by Gasteiger charge is -2.12. The highest BCUT2D eigenvalue weighted by molar-refractivity contribution is 7.21. The van der Waals surface area contributed by atoms with Crippen molar-refractivity contribution in [1.29, 1.82) is 0 Å². The van der Waals surface area contributed by atoms with E-state index in [9.17, 15) is 9.18 Å². The highest BCUT2D eigenvalue weighted by atomic mass is 32.1. The Kier molecular flexibility index (Phi) is 5.84. The predicted octanol–water partition coefficient (Wildman–Crippen LogP) is 5.92. The lowest BCUT2D eigenvalue weighted by atomic mass is 10.1. The predicted molar refractivity (Wildman–Crippen MR) is 119 cm³/mol. The highest BCUT2D eigenvalue weighted by Gasteiger charge is 2.23. The van der Waals surface area contributed by atoms with Gasteiger partial charge in [0.05, 0.1) is 22.7 Å². The monoisotopic (exact) mass is 439 g/mol. The molecule has 0 radical (unpaired) electrons. The first-order valence-corrected chi connectivity index (χ1v) is 10.7. The first-order valence-electron chi connectivity index (χ1n) is 9.84. The molecule has 6 nitrogen and oxygen atoms in total. The van der Waals surface area contributed by atoms with Gasteiger partial charge in [-0.2, -0.15) is 4.98 Å². The summed E-state index contributed by atoms with van der Waals surface area (Å²) in [6.45, 7) is 5.97. The number of fused-ring (bicyclic) bond motifs is 1. The molecule has 1 amide bonds. The third-order valence-corrected chi connectivity index (χ3v) is 6.15. The Hall–Kier alpha value is -3.10. The number of anilines is 1. The van der Waals surface area contributed by atoms with Gasteiger partial charge in [-0.05, 0) is 30.7 Å². The van der Waals surface area contributed by atoms with Crippen molar-refractivity contribution in [2.24, 2.45) is 0 Å². The number of carbonyl (C=O) groups excluding carboxylic acids is 1. The molecule has 31 heavy (non-hydrogen) atoms. The minimum Gasteiger partial charge on any atom is -0.380 e. The zero-order chi connectivity index (χ0) is 22.1. The highest BCUT2D eigenvalue weighted by Crippen LogP contribution is 2.36. The van der Waals surface area contributed by atoms with Gasteiger partial charge in [-0.3, -0.25) is 4.79 Å². The van der Waals surface area contributed by atoms with Gasteiger partial charge in [-0.1, -0.05) is 37.2 Å². The summed E-state index contributed by atoms with van der Waals surface area (Å²) in [5.41, 5.74) is 2.59. The standard InChI is InChI=1S/C23H22FN3O3S/c1-12(2)21-26-23(30-27-21)14-8-5-7-13(3)19(14)25-22(28)20-15(11-29-4)18-16(24)9-6-10-17(18)31-20/h5-10,12H,11H2,1-4H3,(H,25,28). The molecule has 4 rings (SSSR count). The fourth-order valence-corrected chi connectivity index (χ4v) is 4.51. The van der Waals surface area contributed by atoms with E-state index in [1.165, 1.54) is 24.5 Å². The summed E-state index contributed by atoms with van der Waals surface area (Å²) < 4.78 is 25.9. The van der Waals surface area contributed by atoms with Crippen LogP contribution in [0.2, 0.25) is 0 Å². The van der Waals surface area contributed by atoms with Crippen LogP contribution in [-0.4, -0.2) is 23.2 Å². The molecule has 0 saturated carbocycles. The van der Waals surface area contributed by atoms with Crippen molar-refractivity contribution in [2.45, 2.75) is 33.3 Å². The number of hydrogen-bond acceptors (Lipinski definition) is 6. The number of rotatable bonds is 6. The summed E-state index contributed by atoms with van der Waals surface area (Å²) in [5.74, 6) is 0.332. The topological polar surface area (TPSA) is 77.2 Å². The average Bonchev–Trinajstić information content (AvgIpc) is 3.36. The number of aryl methyl sites for hydroxylation is 1.